The molecule has 1 fully saturated rings. The molecule has 7 heteroatoms. The van der Waals surface area contributed by atoms with Gasteiger partial charge in [0.2, 0.25) is 5.91 Å². The molecule has 0 aliphatic carbocycles. The number of halogens is 4. The number of piperidine rings is 1. The Kier molecular flexibility index (Phi) is 6.65. The summed E-state index contributed by atoms with van der Waals surface area (Å²) < 4.78 is 43.7. The molecule has 3 rings (SSSR count). The van der Waals surface area contributed by atoms with Crippen LogP contribution in [-0.2, 0) is 16.4 Å². The summed E-state index contributed by atoms with van der Waals surface area (Å²) in [6.07, 6.45) is -2.59. The van der Waals surface area contributed by atoms with Crippen molar-refractivity contribution in [2.75, 3.05) is 19.7 Å². The molecule has 1 aliphatic heterocycles. The third-order valence-electron chi connectivity index (χ3n) is 5.57. The van der Waals surface area contributed by atoms with E-state index in [0.29, 0.717) is 30.5 Å². The van der Waals surface area contributed by atoms with Crippen LogP contribution in [0.3, 0.4) is 0 Å². The van der Waals surface area contributed by atoms with Gasteiger partial charge < -0.3 is 9.64 Å². The summed E-state index contributed by atoms with van der Waals surface area (Å²) in [5.74, 6) is 0.572. The van der Waals surface area contributed by atoms with E-state index in [1.807, 2.05) is 30.9 Å². The topological polar surface area (TPSA) is 29.5 Å². The maximum Gasteiger partial charge on any atom is 0.416 e. The number of rotatable bonds is 5. The second kappa shape index (κ2) is 8.88. The molecule has 0 bridgehead atoms. The van der Waals surface area contributed by atoms with Crippen LogP contribution in [0.2, 0.25) is 5.02 Å². The van der Waals surface area contributed by atoms with Gasteiger partial charge in [-0.1, -0.05) is 23.7 Å². The van der Waals surface area contributed by atoms with Crippen molar-refractivity contribution in [2.45, 2.75) is 38.3 Å². The zero-order valence-corrected chi connectivity index (χ0v) is 17.8. The largest absolute Gasteiger partial charge is 0.493 e. The number of hydrogen-bond donors (Lipinski definition) is 0. The Hall–Kier alpha value is -2.21. The Bertz CT molecular complexity index is 864. The molecule has 0 unspecified atom stereocenters. The predicted molar refractivity (Wildman–Crippen MR) is 111 cm³/mol. The van der Waals surface area contributed by atoms with Gasteiger partial charge in [-0.3, -0.25) is 4.79 Å². The van der Waals surface area contributed by atoms with Gasteiger partial charge in [0, 0.05) is 24.0 Å². The minimum Gasteiger partial charge on any atom is -0.493 e. The SMILES string of the molecule is CC(C)(C(=O)N1CCC[C@@H](COc2ccc(C(F)(F)F)cc2)C1)c1ccc(Cl)cc1. The van der Waals surface area contributed by atoms with E-state index in [4.69, 9.17) is 16.3 Å². The Balaban J connectivity index is 1.59. The minimum absolute atomic E-state index is 0.0454. The van der Waals surface area contributed by atoms with Gasteiger partial charge in [-0.2, -0.15) is 13.2 Å². The zero-order valence-electron chi connectivity index (χ0n) is 17.0. The van der Waals surface area contributed by atoms with Gasteiger partial charge in [-0.25, -0.2) is 0 Å². The molecular formula is C23H25ClF3NO2. The van der Waals surface area contributed by atoms with Crippen LogP contribution in [0, 0.1) is 5.92 Å². The summed E-state index contributed by atoms with van der Waals surface area (Å²) >= 11 is 5.96. The van der Waals surface area contributed by atoms with Crippen LogP contribution in [0.15, 0.2) is 48.5 Å². The fourth-order valence-corrected chi connectivity index (χ4v) is 3.85. The fourth-order valence-electron chi connectivity index (χ4n) is 3.73. The zero-order chi connectivity index (χ0) is 21.9. The van der Waals surface area contributed by atoms with E-state index in [9.17, 15) is 18.0 Å². The van der Waals surface area contributed by atoms with Crippen molar-refractivity contribution in [2.24, 2.45) is 5.92 Å². The summed E-state index contributed by atoms with van der Waals surface area (Å²) in [4.78, 5) is 15.1. The monoisotopic (exact) mass is 439 g/mol. The maximum absolute atomic E-state index is 13.2. The van der Waals surface area contributed by atoms with Crippen LogP contribution >= 0.6 is 11.6 Å². The standard InChI is InChI=1S/C23H25ClF3NO2/c1-22(2,17-5-9-19(24)10-6-17)21(29)28-13-3-4-16(14-28)15-30-20-11-7-18(8-12-20)23(25,26)27/h5-12,16H,3-4,13-15H2,1-2H3/t16-/m1/s1. The molecule has 0 N–H and O–H groups in total. The predicted octanol–water partition coefficient (Wildman–Crippen LogP) is 5.95. The molecular weight excluding hydrogens is 415 g/mol. The van der Waals surface area contributed by atoms with Gasteiger partial charge in [-0.05, 0) is 68.7 Å². The molecule has 0 aromatic heterocycles. The second-order valence-electron chi connectivity index (χ2n) is 8.22. The van der Waals surface area contributed by atoms with Crippen molar-refractivity contribution >= 4 is 17.5 Å². The highest BCUT2D eigenvalue weighted by atomic mass is 35.5. The molecule has 2 aromatic carbocycles. The van der Waals surface area contributed by atoms with Crippen molar-refractivity contribution in [3.8, 4) is 5.75 Å². The summed E-state index contributed by atoms with van der Waals surface area (Å²) in [7, 11) is 0. The lowest BCUT2D eigenvalue weighted by molar-refractivity contribution is -0.138. The number of alkyl halides is 3. The van der Waals surface area contributed by atoms with Crippen LogP contribution in [0.4, 0.5) is 13.2 Å². The van der Waals surface area contributed by atoms with Gasteiger partial charge in [0.15, 0.2) is 0 Å². The van der Waals surface area contributed by atoms with Crippen LogP contribution in [0.5, 0.6) is 5.75 Å². The molecule has 1 atom stereocenters. The minimum atomic E-state index is -4.36. The van der Waals surface area contributed by atoms with Crippen molar-refractivity contribution in [1.82, 2.24) is 4.90 Å². The maximum atomic E-state index is 13.2. The number of carbonyl (C=O) groups excluding carboxylic acids is 1. The van der Waals surface area contributed by atoms with Gasteiger partial charge in [0.25, 0.3) is 0 Å². The van der Waals surface area contributed by atoms with Gasteiger partial charge in [-0.15, -0.1) is 0 Å². The van der Waals surface area contributed by atoms with E-state index in [1.165, 1.54) is 12.1 Å². The highest BCUT2D eigenvalue weighted by Gasteiger charge is 2.36. The smallest absolute Gasteiger partial charge is 0.416 e. The first kappa shape index (κ1) is 22.5. The van der Waals surface area contributed by atoms with E-state index in [2.05, 4.69) is 0 Å². The Labute approximate surface area is 179 Å². The second-order valence-corrected chi connectivity index (χ2v) is 8.66. The molecule has 1 saturated heterocycles. The number of likely N-dealkylation sites (tertiary alicyclic amines) is 1. The molecule has 1 heterocycles. The van der Waals surface area contributed by atoms with Gasteiger partial charge in [0.05, 0.1) is 17.6 Å². The van der Waals surface area contributed by atoms with Crippen molar-refractivity contribution in [3.05, 3.63) is 64.7 Å². The van der Waals surface area contributed by atoms with Crippen molar-refractivity contribution in [3.63, 3.8) is 0 Å². The van der Waals surface area contributed by atoms with Crippen LogP contribution in [0.1, 0.15) is 37.8 Å². The average Bonchev–Trinajstić information content (AvgIpc) is 2.72. The first-order chi connectivity index (χ1) is 14.1. The first-order valence-corrected chi connectivity index (χ1v) is 10.3. The Morgan fingerprint density at radius 2 is 1.67 bits per heavy atom. The highest BCUT2D eigenvalue weighted by molar-refractivity contribution is 6.30. The number of benzene rings is 2. The van der Waals surface area contributed by atoms with E-state index >= 15 is 0 Å². The average molecular weight is 440 g/mol. The summed E-state index contributed by atoms with van der Waals surface area (Å²) in [5.41, 5.74) is -0.477. The quantitative estimate of drug-likeness (QED) is 0.575. The molecule has 0 spiro atoms. The van der Waals surface area contributed by atoms with E-state index in [1.54, 1.807) is 12.1 Å². The number of amides is 1. The van der Waals surface area contributed by atoms with E-state index in [-0.39, 0.29) is 11.8 Å². The molecule has 162 valence electrons. The molecule has 0 saturated carbocycles. The van der Waals surface area contributed by atoms with Crippen LogP contribution < -0.4 is 4.74 Å². The lowest BCUT2D eigenvalue weighted by Gasteiger charge is -2.37. The third kappa shape index (κ3) is 5.28. The lowest BCUT2D eigenvalue weighted by Crippen LogP contribution is -2.48. The van der Waals surface area contributed by atoms with Crippen LogP contribution in [-0.4, -0.2) is 30.5 Å². The molecule has 0 radical (unpaired) electrons. The summed E-state index contributed by atoms with van der Waals surface area (Å²) in [5, 5.41) is 0.625. The van der Waals surface area contributed by atoms with Crippen molar-refractivity contribution < 1.29 is 22.7 Å². The highest BCUT2D eigenvalue weighted by Crippen LogP contribution is 2.31. The number of ether oxygens (including phenoxy) is 1. The molecule has 1 aliphatic rings. The number of hydrogen-bond acceptors (Lipinski definition) is 2. The van der Waals surface area contributed by atoms with Crippen molar-refractivity contribution in [1.29, 1.82) is 0 Å². The van der Waals surface area contributed by atoms with Gasteiger partial charge in [0.1, 0.15) is 5.75 Å². The number of carbonyl (C=O) groups is 1. The Morgan fingerprint density at radius 1 is 1.07 bits per heavy atom. The normalized spacial score (nSPS) is 17.7. The van der Waals surface area contributed by atoms with E-state index < -0.39 is 17.2 Å². The lowest BCUT2D eigenvalue weighted by atomic mass is 9.82. The molecule has 3 nitrogen and oxygen atoms in total. The first-order valence-electron chi connectivity index (χ1n) is 9.93. The third-order valence-corrected chi connectivity index (χ3v) is 5.83. The molecule has 30 heavy (non-hydrogen) atoms. The molecule has 2 aromatic rings. The van der Waals surface area contributed by atoms with Crippen LogP contribution in [0.25, 0.3) is 0 Å². The fraction of sp³-hybridized carbons (Fsp3) is 0.435. The number of nitrogens with zero attached hydrogens (tertiary/aromatic N) is 1. The summed E-state index contributed by atoms with van der Waals surface area (Å²) in [6, 6.07) is 12.0. The van der Waals surface area contributed by atoms with Gasteiger partial charge >= 0.3 is 6.18 Å². The summed E-state index contributed by atoms with van der Waals surface area (Å²) in [6.45, 7) is 5.42. The molecule has 1 amide bonds. The van der Waals surface area contributed by atoms with E-state index in [0.717, 1.165) is 30.5 Å². The Morgan fingerprint density at radius 3 is 2.27 bits per heavy atom.